The SMILES string of the molecule is CC1CC[C@@]2(OC1)O[C@H]1[C@H](O)[C@H]3[C@@H]4CC[C@H]5C[C@@H](O)CC[C@]5(C)[C@H]4C[C@@H](O)[C@]3(C)[C@H]1[C@@H]2C. The van der Waals surface area contributed by atoms with Crippen LogP contribution in [0.2, 0.25) is 0 Å². The zero-order valence-corrected chi connectivity index (χ0v) is 20.4. The first-order chi connectivity index (χ1) is 15.1. The van der Waals surface area contributed by atoms with E-state index in [2.05, 4.69) is 27.7 Å². The molecule has 0 aromatic carbocycles. The van der Waals surface area contributed by atoms with Crippen LogP contribution in [-0.2, 0) is 9.47 Å². The molecule has 0 aromatic heterocycles. The minimum absolute atomic E-state index is 0.0817. The van der Waals surface area contributed by atoms with E-state index in [1.807, 2.05) is 0 Å². The topological polar surface area (TPSA) is 79.2 Å². The van der Waals surface area contributed by atoms with E-state index in [-0.39, 0.29) is 40.8 Å². The summed E-state index contributed by atoms with van der Waals surface area (Å²) in [5, 5.41) is 33.9. The lowest BCUT2D eigenvalue weighted by molar-refractivity contribution is -0.284. The first kappa shape index (κ1) is 22.3. The van der Waals surface area contributed by atoms with Gasteiger partial charge in [0.15, 0.2) is 5.79 Å². The standard InChI is InChI=1S/C27H44O5/c1-14-7-10-27(31-13-14)15(2)21-24(32-27)23(30)22-18-6-5-16-11-17(28)8-9-25(16,3)19(18)12-20(29)26(21,22)4/h14-24,28-30H,5-13H2,1-4H3/t14?,15-,16-,17-,18+,19-,20+,21-,22+,23+,24+,25-,26+,27+/m0/s1. The van der Waals surface area contributed by atoms with Gasteiger partial charge in [0, 0.05) is 23.7 Å². The van der Waals surface area contributed by atoms with Crippen LogP contribution in [0.3, 0.4) is 0 Å². The Morgan fingerprint density at radius 2 is 1.66 bits per heavy atom. The third-order valence-electron chi connectivity index (χ3n) is 12.0. The van der Waals surface area contributed by atoms with Crippen molar-refractivity contribution in [3.63, 3.8) is 0 Å². The normalized spacial score (nSPS) is 64.0. The van der Waals surface area contributed by atoms with E-state index < -0.39 is 18.0 Å². The fourth-order valence-corrected chi connectivity index (χ4v) is 10.2. The molecule has 2 heterocycles. The van der Waals surface area contributed by atoms with Gasteiger partial charge in [-0.05, 0) is 80.0 Å². The van der Waals surface area contributed by atoms with Gasteiger partial charge in [-0.2, -0.15) is 0 Å². The fraction of sp³-hybridized carbons (Fsp3) is 1.00. The third-order valence-corrected chi connectivity index (χ3v) is 12.0. The van der Waals surface area contributed by atoms with E-state index in [1.165, 1.54) is 0 Å². The van der Waals surface area contributed by atoms with E-state index in [0.29, 0.717) is 23.7 Å². The number of ether oxygens (including phenoxy) is 2. The zero-order chi connectivity index (χ0) is 22.6. The second kappa shape index (κ2) is 7.16. The zero-order valence-electron chi connectivity index (χ0n) is 20.4. The summed E-state index contributed by atoms with van der Waals surface area (Å²) in [5.41, 5.74) is -0.170. The fourth-order valence-electron chi connectivity index (χ4n) is 10.2. The number of aliphatic hydroxyl groups is 3. The maximum absolute atomic E-state index is 11.8. The van der Waals surface area contributed by atoms with Crippen LogP contribution in [0.4, 0.5) is 0 Å². The molecule has 0 aromatic rings. The van der Waals surface area contributed by atoms with Gasteiger partial charge in [0.1, 0.15) is 0 Å². The van der Waals surface area contributed by atoms with Gasteiger partial charge < -0.3 is 24.8 Å². The van der Waals surface area contributed by atoms with Crippen molar-refractivity contribution in [3.05, 3.63) is 0 Å². The van der Waals surface area contributed by atoms with Gasteiger partial charge in [-0.1, -0.05) is 27.7 Å². The monoisotopic (exact) mass is 448 g/mol. The third kappa shape index (κ3) is 2.69. The van der Waals surface area contributed by atoms with Crippen LogP contribution in [-0.4, -0.2) is 52.1 Å². The summed E-state index contributed by atoms with van der Waals surface area (Å²) in [6.45, 7) is 9.88. The second-order valence-corrected chi connectivity index (χ2v) is 13.3. The van der Waals surface area contributed by atoms with Gasteiger partial charge in [-0.15, -0.1) is 0 Å². The molecule has 4 aliphatic carbocycles. The highest BCUT2D eigenvalue weighted by molar-refractivity contribution is 5.20. The highest BCUT2D eigenvalue weighted by atomic mass is 16.7. The molecule has 5 heteroatoms. The van der Waals surface area contributed by atoms with Crippen LogP contribution in [0.25, 0.3) is 0 Å². The van der Waals surface area contributed by atoms with Crippen molar-refractivity contribution >= 4 is 0 Å². The van der Waals surface area contributed by atoms with E-state index >= 15 is 0 Å². The van der Waals surface area contributed by atoms with Crippen LogP contribution in [0.1, 0.15) is 79.1 Å². The number of fused-ring (bicyclic) bond motifs is 7. The molecule has 1 unspecified atom stereocenters. The number of hydrogen-bond acceptors (Lipinski definition) is 5. The number of aliphatic hydroxyl groups excluding tert-OH is 3. The van der Waals surface area contributed by atoms with Gasteiger partial charge in [-0.3, -0.25) is 0 Å². The molecule has 32 heavy (non-hydrogen) atoms. The van der Waals surface area contributed by atoms with Gasteiger partial charge in [0.05, 0.1) is 31.0 Å². The molecule has 3 N–H and O–H groups in total. The molecular weight excluding hydrogens is 404 g/mol. The Labute approximate surface area is 193 Å². The Bertz CT molecular complexity index is 748. The molecule has 2 aliphatic heterocycles. The van der Waals surface area contributed by atoms with Crippen molar-refractivity contribution in [2.45, 2.75) is 109 Å². The molecule has 0 radical (unpaired) electrons. The number of rotatable bonds is 0. The molecule has 6 fully saturated rings. The minimum Gasteiger partial charge on any atom is -0.393 e. The lowest BCUT2D eigenvalue weighted by atomic mass is 9.43. The van der Waals surface area contributed by atoms with Crippen molar-refractivity contribution in [1.29, 1.82) is 0 Å². The van der Waals surface area contributed by atoms with Gasteiger partial charge >= 0.3 is 0 Å². The van der Waals surface area contributed by atoms with Crippen molar-refractivity contribution in [2.75, 3.05) is 6.61 Å². The molecular formula is C27H44O5. The molecule has 4 saturated carbocycles. The van der Waals surface area contributed by atoms with Crippen LogP contribution in [0.5, 0.6) is 0 Å². The summed E-state index contributed by atoms with van der Waals surface area (Å²) in [6.07, 6.45) is 6.52. The predicted octanol–water partition coefficient (Wildman–Crippen LogP) is 3.74. The molecule has 14 atom stereocenters. The quantitative estimate of drug-likeness (QED) is 0.526. The summed E-state index contributed by atoms with van der Waals surface area (Å²) in [4.78, 5) is 0. The molecule has 1 spiro atoms. The molecule has 5 nitrogen and oxygen atoms in total. The van der Waals surface area contributed by atoms with E-state index in [1.54, 1.807) is 0 Å². The Hall–Kier alpha value is -0.200. The average molecular weight is 449 g/mol. The van der Waals surface area contributed by atoms with Gasteiger partial charge in [0.25, 0.3) is 0 Å². The molecule has 0 bridgehead atoms. The summed E-state index contributed by atoms with van der Waals surface area (Å²) >= 11 is 0. The Balaban J connectivity index is 1.33. The lowest BCUT2D eigenvalue weighted by Crippen LogP contribution is -2.61. The van der Waals surface area contributed by atoms with Gasteiger partial charge in [-0.25, -0.2) is 0 Å². The Morgan fingerprint density at radius 1 is 0.875 bits per heavy atom. The molecule has 182 valence electrons. The highest BCUT2D eigenvalue weighted by Gasteiger charge is 2.74. The summed E-state index contributed by atoms with van der Waals surface area (Å²) in [6, 6.07) is 0. The van der Waals surface area contributed by atoms with E-state index in [4.69, 9.17) is 9.47 Å². The summed E-state index contributed by atoms with van der Waals surface area (Å²) in [7, 11) is 0. The van der Waals surface area contributed by atoms with Crippen LogP contribution < -0.4 is 0 Å². The largest absolute Gasteiger partial charge is 0.393 e. The van der Waals surface area contributed by atoms with E-state index in [0.717, 1.165) is 58.0 Å². The lowest BCUT2D eigenvalue weighted by Gasteiger charge is -2.62. The van der Waals surface area contributed by atoms with Crippen LogP contribution >= 0.6 is 0 Å². The summed E-state index contributed by atoms with van der Waals surface area (Å²) < 4.78 is 13.1. The van der Waals surface area contributed by atoms with Crippen molar-refractivity contribution in [3.8, 4) is 0 Å². The summed E-state index contributed by atoms with van der Waals surface area (Å²) in [5.74, 6) is 1.74. The van der Waals surface area contributed by atoms with Gasteiger partial charge in [0.2, 0.25) is 0 Å². The average Bonchev–Trinajstić information content (AvgIpc) is 3.16. The molecule has 2 saturated heterocycles. The van der Waals surface area contributed by atoms with Crippen LogP contribution in [0, 0.1) is 52.3 Å². The van der Waals surface area contributed by atoms with E-state index in [9.17, 15) is 15.3 Å². The highest BCUT2D eigenvalue weighted by Crippen LogP contribution is 2.71. The predicted molar refractivity (Wildman–Crippen MR) is 121 cm³/mol. The molecule has 6 aliphatic rings. The van der Waals surface area contributed by atoms with Crippen molar-refractivity contribution < 1.29 is 24.8 Å². The first-order valence-electron chi connectivity index (χ1n) is 13.5. The van der Waals surface area contributed by atoms with Crippen molar-refractivity contribution in [2.24, 2.45) is 52.3 Å². The molecule has 6 rings (SSSR count). The van der Waals surface area contributed by atoms with Crippen LogP contribution in [0.15, 0.2) is 0 Å². The number of hydrogen-bond donors (Lipinski definition) is 3. The second-order valence-electron chi connectivity index (χ2n) is 13.3. The molecule has 0 amide bonds. The Kier molecular flexibility index (Phi) is 4.99. The smallest absolute Gasteiger partial charge is 0.171 e. The Morgan fingerprint density at radius 3 is 2.38 bits per heavy atom. The minimum atomic E-state index is -0.587. The first-order valence-corrected chi connectivity index (χ1v) is 13.5. The van der Waals surface area contributed by atoms with Crippen molar-refractivity contribution in [1.82, 2.24) is 0 Å². The maximum Gasteiger partial charge on any atom is 0.171 e. The maximum atomic E-state index is 11.8.